The Balaban J connectivity index is 2.43. The second-order valence-electron chi connectivity index (χ2n) is 4.05. The lowest BCUT2D eigenvalue weighted by molar-refractivity contribution is 0.0251. The molecule has 0 aromatic rings. The number of ether oxygens (including phenoxy) is 1. The number of hydrogen-bond donors (Lipinski definition) is 1. The molecule has 1 saturated heterocycles. The lowest BCUT2D eigenvalue weighted by Gasteiger charge is -2.32. The van der Waals surface area contributed by atoms with Crippen molar-refractivity contribution in [1.82, 2.24) is 8.61 Å². The van der Waals surface area contributed by atoms with E-state index in [2.05, 4.69) is 0 Å². The fraction of sp³-hybridized carbons (Fsp3) is 1.00. The maximum Gasteiger partial charge on any atom is 0.281 e. The van der Waals surface area contributed by atoms with E-state index >= 15 is 0 Å². The number of nitrogens with zero attached hydrogens (tertiary/aromatic N) is 2. The summed E-state index contributed by atoms with van der Waals surface area (Å²) in [4.78, 5) is 0. The summed E-state index contributed by atoms with van der Waals surface area (Å²) in [7, 11) is -0.162. The standard InChI is InChI=1S/C9H21N3O3S/c1-11(2)16(13,14)12-6-3-9(4-7-12)15-8-5-10/h9H,3-8,10H2,1-2H3. The summed E-state index contributed by atoms with van der Waals surface area (Å²) < 4.78 is 31.8. The molecule has 0 aliphatic carbocycles. The van der Waals surface area contributed by atoms with Gasteiger partial charge in [-0.25, -0.2) is 0 Å². The van der Waals surface area contributed by atoms with Crippen molar-refractivity contribution in [2.24, 2.45) is 5.73 Å². The van der Waals surface area contributed by atoms with Crippen molar-refractivity contribution in [2.45, 2.75) is 18.9 Å². The minimum Gasteiger partial charge on any atom is -0.377 e. The number of rotatable bonds is 5. The van der Waals surface area contributed by atoms with Crippen LogP contribution in [0.25, 0.3) is 0 Å². The fourth-order valence-corrected chi connectivity index (χ4v) is 2.83. The Bertz CT molecular complexity index is 297. The summed E-state index contributed by atoms with van der Waals surface area (Å²) in [5, 5.41) is 0. The van der Waals surface area contributed by atoms with E-state index in [-0.39, 0.29) is 6.10 Å². The molecule has 7 heteroatoms. The molecule has 0 bridgehead atoms. The molecule has 0 saturated carbocycles. The summed E-state index contributed by atoms with van der Waals surface area (Å²) in [6, 6.07) is 0. The number of hydrogen-bond acceptors (Lipinski definition) is 4. The monoisotopic (exact) mass is 251 g/mol. The van der Waals surface area contributed by atoms with Crippen molar-refractivity contribution >= 4 is 10.2 Å². The molecule has 6 nitrogen and oxygen atoms in total. The van der Waals surface area contributed by atoms with Gasteiger partial charge < -0.3 is 10.5 Å². The fourth-order valence-electron chi connectivity index (χ4n) is 1.70. The molecule has 1 fully saturated rings. The molecule has 0 aromatic heterocycles. The van der Waals surface area contributed by atoms with E-state index in [1.54, 1.807) is 14.1 Å². The van der Waals surface area contributed by atoms with Crippen molar-refractivity contribution in [1.29, 1.82) is 0 Å². The molecule has 2 N–H and O–H groups in total. The zero-order chi connectivity index (χ0) is 12.2. The second kappa shape index (κ2) is 5.92. The maximum atomic E-state index is 11.8. The van der Waals surface area contributed by atoms with Gasteiger partial charge in [0.1, 0.15) is 0 Å². The summed E-state index contributed by atoms with van der Waals surface area (Å²) in [6.07, 6.45) is 1.64. The van der Waals surface area contributed by atoms with Crippen LogP contribution in [0.2, 0.25) is 0 Å². The van der Waals surface area contributed by atoms with Crippen LogP contribution < -0.4 is 5.73 Å². The minimum atomic E-state index is -3.26. The molecule has 16 heavy (non-hydrogen) atoms. The van der Waals surface area contributed by atoms with Gasteiger partial charge in [-0.05, 0) is 12.8 Å². The molecule has 0 radical (unpaired) electrons. The van der Waals surface area contributed by atoms with E-state index in [9.17, 15) is 8.42 Å². The highest BCUT2D eigenvalue weighted by Gasteiger charge is 2.29. The van der Waals surface area contributed by atoms with Crippen LogP contribution in [-0.4, -0.2) is 63.5 Å². The summed E-state index contributed by atoms with van der Waals surface area (Å²) in [6.45, 7) is 2.10. The van der Waals surface area contributed by atoms with Gasteiger partial charge in [0.25, 0.3) is 10.2 Å². The SMILES string of the molecule is CN(C)S(=O)(=O)N1CCC(OCCN)CC1. The third kappa shape index (κ3) is 3.39. The molecule has 0 atom stereocenters. The average molecular weight is 251 g/mol. The Kier molecular flexibility index (Phi) is 5.13. The van der Waals surface area contributed by atoms with E-state index in [1.807, 2.05) is 0 Å². The zero-order valence-corrected chi connectivity index (χ0v) is 10.7. The molecule has 0 amide bonds. The van der Waals surface area contributed by atoms with Crippen molar-refractivity contribution in [2.75, 3.05) is 40.3 Å². The lowest BCUT2D eigenvalue weighted by Crippen LogP contribution is -2.46. The maximum absolute atomic E-state index is 11.8. The first kappa shape index (κ1) is 13.9. The van der Waals surface area contributed by atoms with Crippen LogP contribution in [0, 0.1) is 0 Å². The smallest absolute Gasteiger partial charge is 0.281 e. The molecular weight excluding hydrogens is 230 g/mol. The predicted molar refractivity (Wildman–Crippen MR) is 62.2 cm³/mol. The van der Waals surface area contributed by atoms with Crippen LogP contribution in [0.4, 0.5) is 0 Å². The van der Waals surface area contributed by atoms with Gasteiger partial charge in [-0.2, -0.15) is 17.0 Å². The average Bonchev–Trinajstić information content (AvgIpc) is 2.26. The van der Waals surface area contributed by atoms with E-state index in [0.717, 1.165) is 12.8 Å². The van der Waals surface area contributed by atoms with Gasteiger partial charge in [0.05, 0.1) is 12.7 Å². The Labute approximate surface area is 97.5 Å². The highest BCUT2D eigenvalue weighted by atomic mass is 32.2. The van der Waals surface area contributed by atoms with Crippen molar-refractivity contribution < 1.29 is 13.2 Å². The van der Waals surface area contributed by atoms with Gasteiger partial charge in [-0.15, -0.1) is 0 Å². The van der Waals surface area contributed by atoms with Gasteiger partial charge >= 0.3 is 0 Å². The molecule has 1 rings (SSSR count). The van der Waals surface area contributed by atoms with Crippen LogP contribution in [0.3, 0.4) is 0 Å². The third-order valence-electron chi connectivity index (χ3n) is 2.66. The van der Waals surface area contributed by atoms with Crippen LogP contribution in [0.15, 0.2) is 0 Å². The van der Waals surface area contributed by atoms with E-state index < -0.39 is 10.2 Å². The topological polar surface area (TPSA) is 75.9 Å². The van der Waals surface area contributed by atoms with Gasteiger partial charge in [-0.1, -0.05) is 0 Å². The summed E-state index contributed by atoms with van der Waals surface area (Å²) >= 11 is 0. The van der Waals surface area contributed by atoms with Gasteiger partial charge in [0.2, 0.25) is 0 Å². The largest absolute Gasteiger partial charge is 0.377 e. The van der Waals surface area contributed by atoms with E-state index in [0.29, 0.717) is 26.2 Å². The highest BCUT2D eigenvalue weighted by molar-refractivity contribution is 7.86. The van der Waals surface area contributed by atoms with Crippen LogP contribution in [-0.2, 0) is 14.9 Å². The first-order valence-corrected chi connectivity index (χ1v) is 6.87. The summed E-state index contributed by atoms with van der Waals surface area (Å²) in [5.74, 6) is 0. The number of piperidine rings is 1. The molecule has 1 aliphatic rings. The van der Waals surface area contributed by atoms with Gasteiger partial charge in [0, 0.05) is 33.7 Å². The summed E-state index contributed by atoms with van der Waals surface area (Å²) in [5.41, 5.74) is 5.34. The minimum absolute atomic E-state index is 0.150. The molecule has 1 heterocycles. The lowest BCUT2D eigenvalue weighted by atomic mass is 10.1. The van der Waals surface area contributed by atoms with Crippen molar-refractivity contribution in [3.63, 3.8) is 0 Å². The van der Waals surface area contributed by atoms with Crippen LogP contribution in [0.5, 0.6) is 0 Å². The molecule has 0 aromatic carbocycles. The zero-order valence-electron chi connectivity index (χ0n) is 9.92. The highest BCUT2D eigenvalue weighted by Crippen LogP contribution is 2.17. The quantitative estimate of drug-likeness (QED) is 0.696. The van der Waals surface area contributed by atoms with Crippen molar-refractivity contribution in [3.8, 4) is 0 Å². The van der Waals surface area contributed by atoms with Crippen molar-refractivity contribution in [3.05, 3.63) is 0 Å². The Morgan fingerprint density at radius 3 is 2.38 bits per heavy atom. The van der Waals surface area contributed by atoms with E-state index in [1.165, 1.54) is 8.61 Å². The first-order chi connectivity index (χ1) is 7.48. The first-order valence-electron chi connectivity index (χ1n) is 5.47. The molecule has 1 aliphatic heterocycles. The molecule has 0 unspecified atom stereocenters. The Morgan fingerprint density at radius 2 is 1.94 bits per heavy atom. The predicted octanol–water partition coefficient (Wildman–Crippen LogP) is -0.767. The van der Waals surface area contributed by atoms with E-state index in [4.69, 9.17) is 10.5 Å². The second-order valence-corrected chi connectivity index (χ2v) is 6.19. The Morgan fingerprint density at radius 1 is 1.38 bits per heavy atom. The molecular formula is C9H21N3O3S. The van der Waals surface area contributed by atoms with Gasteiger partial charge in [-0.3, -0.25) is 0 Å². The Hall–Kier alpha value is -0.210. The molecule has 96 valence electrons. The third-order valence-corrected chi connectivity index (χ3v) is 4.60. The molecule has 0 spiro atoms. The van der Waals surface area contributed by atoms with Gasteiger partial charge in [0.15, 0.2) is 0 Å². The van der Waals surface area contributed by atoms with Crippen LogP contribution in [0.1, 0.15) is 12.8 Å². The number of nitrogens with two attached hydrogens (primary N) is 1. The van der Waals surface area contributed by atoms with Crippen LogP contribution >= 0.6 is 0 Å². The normalized spacial score (nSPS) is 20.5.